The van der Waals surface area contributed by atoms with Crippen LogP contribution < -0.4 is 16.8 Å². The molecule has 3 amide bonds. The van der Waals surface area contributed by atoms with E-state index in [0.717, 1.165) is 11.8 Å². The predicted molar refractivity (Wildman–Crippen MR) is 118 cm³/mol. The molecule has 0 aliphatic carbocycles. The molecule has 1 saturated heterocycles. The third kappa shape index (κ3) is 4.05. The molecule has 4 heterocycles. The van der Waals surface area contributed by atoms with E-state index in [-0.39, 0.29) is 34.5 Å². The van der Waals surface area contributed by atoms with Gasteiger partial charge in [-0.15, -0.1) is 33.3 Å². The molecule has 0 spiro atoms. The molecule has 0 bridgehead atoms. The number of H-pyrrole nitrogens is 1. The summed E-state index contributed by atoms with van der Waals surface area (Å²) in [4.78, 5) is 50.3. The highest BCUT2D eigenvalue weighted by Crippen LogP contribution is 2.41. The highest BCUT2D eigenvalue weighted by Gasteiger charge is 2.54. The number of aromatic nitrogens is 3. The van der Waals surface area contributed by atoms with Crippen molar-refractivity contribution in [2.45, 2.75) is 22.9 Å². The van der Waals surface area contributed by atoms with Gasteiger partial charge in [-0.05, 0) is 17.0 Å². The molecule has 2 aromatic heterocycles. The van der Waals surface area contributed by atoms with Gasteiger partial charge < -0.3 is 21.9 Å². The second-order valence-corrected chi connectivity index (χ2v) is 9.89. The van der Waals surface area contributed by atoms with Crippen molar-refractivity contribution < 1.29 is 24.3 Å². The number of nitrogen functional groups attached to an aromatic ring is 1. The number of aromatic amines is 1. The van der Waals surface area contributed by atoms with E-state index in [1.165, 1.54) is 28.0 Å². The SMILES string of the molecule is NC(=O)c1n[nH]nc1SCC1=C(C(=O)O)N2C(=O)C(NC(=O)Cc3sccc3N)[C@H]2SC1. The molecule has 2 aromatic rings. The molecule has 7 N–H and O–H groups in total. The summed E-state index contributed by atoms with van der Waals surface area (Å²) < 4.78 is 0. The number of nitrogens with zero attached hydrogens (tertiary/aromatic N) is 3. The van der Waals surface area contributed by atoms with E-state index in [0.29, 0.717) is 21.9 Å². The maximum atomic E-state index is 12.7. The summed E-state index contributed by atoms with van der Waals surface area (Å²) in [6.45, 7) is 0. The van der Waals surface area contributed by atoms with Gasteiger partial charge in [0.25, 0.3) is 11.8 Å². The Bertz CT molecular complexity index is 1140. The molecule has 4 rings (SSSR count). The van der Waals surface area contributed by atoms with Crippen LogP contribution in [0.15, 0.2) is 27.7 Å². The number of carboxylic acid groups (broad SMARTS) is 1. The molecule has 15 heteroatoms. The number of thioether (sulfide) groups is 2. The molecular formula is C17H17N7O5S3. The monoisotopic (exact) mass is 495 g/mol. The minimum Gasteiger partial charge on any atom is -0.477 e. The van der Waals surface area contributed by atoms with Crippen LogP contribution in [0.2, 0.25) is 0 Å². The van der Waals surface area contributed by atoms with Gasteiger partial charge in [0.1, 0.15) is 17.1 Å². The third-order valence-corrected chi connectivity index (χ3v) is 8.13. The highest BCUT2D eigenvalue weighted by atomic mass is 32.2. The van der Waals surface area contributed by atoms with Crippen LogP contribution in [-0.2, 0) is 20.8 Å². The lowest BCUT2D eigenvalue weighted by Gasteiger charge is -2.49. The number of primary amides is 1. The van der Waals surface area contributed by atoms with Gasteiger partial charge in [-0.1, -0.05) is 11.8 Å². The van der Waals surface area contributed by atoms with Crippen LogP contribution in [0.3, 0.4) is 0 Å². The lowest BCUT2D eigenvalue weighted by atomic mass is 10.0. The Kier molecular flexibility index (Phi) is 6.12. The number of nitrogens with one attached hydrogen (secondary N) is 2. The summed E-state index contributed by atoms with van der Waals surface area (Å²) in [5.74, 6) is -2.35. The van der Waals surface area contributed by atoms with E-state index in [9.17, 15) is 24.3 Å². The fourth-order valence-corrected chi connectivity index (χ4v) is 6.51. The number of carbonyl (C=O) groups excluding carboxylic acids is 3. The summed E-state index contributed by atoms with van der Waals surface area (Å²) in [7, 11) is 0. The van der Waals surface area contributed by atoms with Gasteiger partial charge in [-0.2, -0.15) is 5.21 Å². The van der Waals surface area contributed by atoms with Crippen molar-refractivity contribution >= 4 is 64.2 Å². The topological polar surface area (TPSA) is 197 Å². The molecule has 1 fully saturated rings. The molecule has 2 aliphatic rings. The van der Waals surface area contributed by atoms with Gasteiger partial charge in [0.15, 0.2) is 10.7 Å². The van der Waals surface area contributed by atoms with Crippen LogP contribution in [0.25, 0.3) is 0 Å². The molecule has 2 aliphatic heterocycles. The lowest BCUT2D eigenvalue weighted by molar-refractivity contribution is -0.150. The Morgan fingerprint density at radius 3 is 2.81 bits per heavy atom. The normalized spacial score (nSPS) is 20.0. The minimum absolute atomic E-state index is 0.0389. The Morgan fingerprint density at radius 1 is 1.38 bits per heavy atom. The first-order chi connectivity index (χ1) is 15.3. The maximum absolute atomic E-state index is 12.7. The average Bonchev–Trinajstić information content (AvgIpc) is 3.38. The highest BCUT2D eigenvalue weighted by molar-refractivity contribution is 8.01. The molecule has 168 valence electrons. The number of rotatable bonds is 8. The first-order valence-electron chi connectivity index (χ1n) is 9.12. The van der Waals surface area contributed by atoms with Crippen molar-refractivity contribution in [2.24, 2.45) is 5.73 Å². The zero-order chi connectivity index (χ0) is 23.0. The number of carbonyl (C=O) groups is 4. The predicted octanol–water partition coefficient (Wildman–Crippen LogP) is -0.379. The second kappa shape index (κ2) is 8.84. The molecule has 0 saturated carbocycles. The number of hydrogen-bond acceptors (Lipinski definition) is 10. The summed E-state index contributed by atoms with van der Waals surface area (Å²) in [5.41, 5.74) is 11.9. The zero-order valence-electron chi connectivity index (χ0n) is 16.2. The van der Waals surface area contributed by atoms with E-state index >= 15 is 0 Å². The van der Waals surface area contributed by atoms with Crippen molar-refractivity contribution in [1.29, 1.82) is 0 Å². The fourth-order valence-electron chi connectivity index (χ4n) is 3.30. The van der Waals surface area contributed by atoms with Crippen LogP contribution >= 0.6 is 34.9 Å². The largest absolute Gasteiger partial charge is 0.477 e. The van der Waals surface area contributed by atoms with Crippen LogP contribution in [0.5, 0.6) is 0 Å². The minimum atomic E-state index is -1.24. The Hall–Kier alpha value is -3.04. The van der Waals surface area contributed by atoms with Gasteiger partial charge in [0.05, 0.1) is 6.42 Å². The summed E-state index contributed by atoms with van der Waals surface area (Å²) in [6.07, 6.45) is 0.0497. The number of anilines is 1. The molecule has 0 aromatic carbocycles. The number of β-lactam (4-membered cyclic amide) rings is 1. The van der Waals surface area contributed by atoms with Crippen LogP contribution in [0.1, 0.15) is 15.4 Å². The molecule has 32 heavy (non-hydrogen) atoms. The van der Waals surface area contributed by atoms with Gasteiger partial charge in [0, 0.05) is 22.1 Å². The number of aliphatic carboxylic acids is 1. The van der Waals surface area contributed by atoms with Crippen molar-refractivity contribution in [3.05, 3.63) is 33.3 Å². The van der Waals surface area contributed by atoms with Crippen molar-refractivity contribution in [1.82, 2.24) is 25.6 Å². The fraction of sp³-hybridized carbons (Fsp3) is 0.294. The number of nitrogens with two attached hydrogens (primary N) is 2. The van der Waals surface area contributed by atoms with E-state index in [4.69, 9.17) is 11.5 Å². The quantitative estimate of drug-likeness (QED) is 0.238. The van der Waals surface area contributed by atoms with Gasteiger partial charge in [0.2, 0.25) is 5.91 Å². The maximum Gasteiger partial charge on any atom is 0.352 e. The van der Waals surface area contributed by atoms with E-state index in [1.807, 2.05) is 0 Å². The first kappa shape index (κ1) is 22.2. The number of carboxylic acids is 1. The number of fused-ring (bicyclic) bond motifs is 1. The zero-order valence-corrected chi connectivity index (χ0v) is 18.7. The summed E-state index contributed by atoms with van der Waals surface area (Å²) in [6, 6.07) is 0.893. The van der Waals surface area contributed by atoms with Crippen molar-refractivity contribution in [3.8, 4) is 0 Å². The number of amides is 3. The Morgan fingerprint density at radius 2 is 2.16 bits per heavy atom. The summed E-state index contributed by atoms with van der Waals surface area (Å²) >= 11 is 3.80. The summed E-state index contributed by atoms with van der Waals surface area (Å²) in [5, 5.41) is 23.8. The Balaban J connectivity index is 1.45. The van der Waals surface area contributed by atoms with Gasteiger partial charge in [-0.25, -0.2) is 4.79 Å². The Labute approximate surface area is 193 Å². The number of thiophene rings is 1. The van der Waals surface area contributed by atoms with E-state index in [2.05, 4.69) is 20.7 Å². The van der Waals surface area contributed by atoms with Crippen molar-refractivity contribution in [2.75, 3.05) is 17.2 Å². The third-order valence-electron chi connectivity index (χ3n) is 4.80. The average molecular weight is 496 g/mol. The molecule has 1 unspecified atom stereocenters. The smallest absolute Gasteiger partial charge is 0.352 e. The molecule has 0 radical (unpaired) electrons. The van der Waals surface area contributed by atoms with E-state index < -0.39 is 29.2 Å². The first-order valence-corrected chi connectivity index (χ1v) is 12.0. The standard InChI is InChI=1S/C17H17N7O5S3/c18-7-1-2-30-8(7)3-9(25)20-11-15(27)24-12(17(28)29)6(5-32-16(11)24)4-31-14-10(13(19)26)21-23-22-14/h1-2,11,16H,3-5,18H2,(H2,19,26)(H,20,25)(H,28,29)(H,21,22,23)/t11?,16-/m1/s1. The van der Waals surface area contributed by atoms with Crippen molar-refractivity contribution in [3.63, 3.8) is 0 Å². The second-order valence-electron chi connectivity index (χ2n) is 6.82. The molecular weight excluding hydrogens is 478 g/mol. The van der Waals surface area contributed by atoms with Crippen LogP contribution in [0.4, 0.5) is 5.69 Å². The van der Waals surface area contributed by atoms with Crippen LogP contribution in [-0.4, -0.2) is 72.0 Å². The van der Waals surface area contributed by atoms with E-state index in [1.54, 1.807) is 11.4 Å². The number of hydrogen-bond donors (Lipinski definition) is 5. The molecule has 12 nitrogen and oxygen atoms in total. The van der Waals surface area contributed by atoms with Crippen LogP contribution in [0, 0.1) is 0 Å². The van der Waals surface area contributed by atoms with Gasteiger partial charge in [-0.3, -0.25) is 19.3 Å². The molecule has 2 atom stereocenters. The van der Waals surface area contributed by atoms with Gasteiger partial charge >= 0.3 is 5.97 Å². The lowest BCUT2D eigenvalue weighted by Crippen LogP contribution is -2.70.